The van der Waals surface area contributed by atoms with Crippen LogP contribution in [0, 0.1) is 0 Å². The van der Waals surface area contributed by atoms with Gasteiger partial charge in [0, 0.05) is 37.4 Å². The SMILES string of the molecule is CCNC(=NCCn1cccc1)NC1CC1c1ccccc1.I. The maximum atomic E-state index is 4.67. The fourth-order valence-corrected chi connectivity index (χ4v) is 2.72. The van der Waals surface area contributed by atoms with Gasteiger partial charge in [0.25, 0.3) is 0 Å². The van der Waals surface area contributed by atoms with E-state index in [1.807, 2.05) is 12.1 Å². The average molecular weight is 424 g/mol. The fourth-order valence-electron chi connectivity index (χ4n) is 2.72. The maximum absolute atomic E-state index is 4.67. The van der Waals surface area contributed by atoms with E-state index in [-0.39, 0.29) is 24.0 Å². The summed E-state index contributed by atoms with van der Waals surface area (Å²) in [6.45, 7) is 4.69. The molecule has 3 rings (SSSR count). The number of halogens is 1. The largest absolute Gasteiger partial charge is 0.357 e. The molecule has 0 saturated heterocycles. The monoisotopic (exact) mass is 424 g/mol. The molecule has 1 saturated carbocycles. The first kappa shape index (κ1) is 17.8. The molecule has 0 amide bonds. The summed E-state index contributed by atoms with van der Waals surface area (Å²) in [5, 5.41) is 6.89. The number of benzene rings is 1. The van der Waals surface area contributed by atoms with Crippen molar-refractivity contribution < 1.29 is 0 Å². The molecule has 1 fully saturated rings. The van der Waals surface area contributed by atoms with Crippen molar-refractivity contribution >= 4 is 29.9 Å². The van der Waals surface area contributed by atoms with E-state index >= 15 is 0 Å². The zero-order chi connectivity index (χ0) is 15.2. The Morgan fingerprint density at radius 2 is 1.91 bits per heavy atom. The van der Waals surface area contributed by atoms with Gasteiger partial charge in [-0.2, -0.15) is 0 Å². The number of guanidine groups is 1. The maximum Gasteiger partial charge on any atom is 0.191 e. The minimum absolute atomic E-state index is 0. The molecule has 1 aliphatic carbocycles. The number of aromatic nitrogens is 1. The predicted molar refractivity (Wildman–Crippen MR) is 107 cm³/mol. The predicted octanol–water partition coefficient (Wildman–Crippen LogP) is 3.22. The van der Waals surface area contributed by atoms with Gasteiger partial charge in [-0.1, -0.05) is 30.3 Å². The van der Waals surface area contributed by atoms with Crippen LogP contribution in [0.15, 0.2) is 59.9 Å². The molecule has 2 unspecified atom stereocenters. The Balaban J connectivity index is 0.00000192. The van der Waals surface area contributed by atoms with Gasteiger partial charge in [-0.05, 0) is 31.0 Å². The Labute approximate surface area is 155 Å². The highest BCUT2D eigenvalue weighted by Gasteiger charge is 2.38. The van der Waals surface area contributed by atoms with Gasteiger partial charge in [0.2, 0.25) is 0 Å². The molecule has 5 heteroatoms. The second-order valence-corrected chi connectivity index (χ2v) is 5.69. The first-order valence-electron chi connectivity index (χ1n) is 8.07. The Bertz CT molecular complexity index is 595. The summed E-state index contributed by atoms with van der Waals surface area (Å²) in [5.41, 5.74) is 1.42. The molecular weight excluding hydrogens is 399 g/mol. The van der Waals surface area contributed by atoms with Gasteiger partial charge in [-0.15, -0.1) is 24.0 Å². The zero-order valence-electron chi connectivity index (χ0n) is 13.5. The van der Waals surface area contributed by atoms with Crippen LogP contribution < -0.4 is 10.6 Å². The minimum atomic E-state index is 0. The third-order valence-electron chi connectivity index (χ3n) is 3.98. The van der Waals surface area contributed by atoms with E-state index in [9.17, 15) is 0 Å². The van der Waals surface area contributed by atoms with Gasteiger partial charge in [-0.25, -0.2) is 0 Å². The standard InChI is InChI=1S/C18H24N4.HI/c1-2-19-18(20-10-13-22-11-6-7-12-22)21-17-14-16(17)15-8-4-3-5-9-15;/h3-9,11-12,16-17H,2,10,13-14H2,1H3,(H2,19,20,21);1H. The lowest BCUT2D eigenvalue weighted by molar-refractivity contribution is 0.702. The summed E-state index contributed by atoms with van der Waals surface area (Å²) in [5.74, 6) is 1.55. The van der Waals surface area contributed by atoms with Crippen molar-refractivity contribution in [3.05, 3.63) is 60.4 Å². The highest BCUT2D eigenvalue weighted by Crippen LogP contribution is 2.40. The van der Waals surface area contributed by atoms with Crippen LogP contribution in [0.5, 0.6) is 0 Å². The first-order chi connectivity index (χ1) is 10.9. The normalized spacial score (nSPS) is 19.8. The molecule has 2 atom stereocenters. The Morgan fingerprint density at radius 1 is 1.17 bits per heavy atom. The molecule has 0 radical (unpaired) electrons. The van der Waals surface area contributed by atoms with E-state index < -0.39 is 0 Å². The molecule has 1 heterocycles. The molecule has 1 aromatic heterocycles. The molecule has 124 valence electrons. The number of hydrogen-bond acceptors (Lipinski definition) is 1. The summed E-state index contributed by atoms with van der Waals surface area (Å²) in [4.78, 5) is 4.67. The van der Waals surface area contributed by atoms with Crippen LogP contribution in [-0.4, -0.2) is 29.7 Å². The lowest BCUT2D eigenvalue weighted by Crippen LogP contribution is -2.39. The molecular formula is C18H25IN4. The Kier molecular flexibility index (Phi) is 6.95. The second-order valence-electron chi connectivity index (χ2n) is 5.69. The summed E-state index contributed by atoms with van der Waals surface area (Å²) in [7, 11) is 0. The number of aliphatic imine (C=N–C) groups is 1. The molecule has 2 aromatic rings. The molecule has 1 aromatic carbocycles. The van der Waals surface area contributed by atoms with Crippen molar-refractivity contribution in [2.24, 2.45) is 4.99 Å². The van der Waals surface area contributed by atoms with Crippen LogP contribution in [0.2, 0.25) is 0 Å². The van der Waals surface area contributed by atoms with E-state index in [1.165, 1.54) is 12.0 Å². The van der Waals surface area contributed by atoms with E-state index in [2.05, 4.69) is 69.8 Å². The molecule has 0 spiro atoms. The van der Waals surface area contributed by atoms with Gasteiger partial charge in [-0.3, -0.25) is 4.99 Å². The average Bonchev–Trinajstić information content (AvgIpc) is 3.11. The van der Waals surface area contributed by atoms with Gasteiger partial charge in [0.15, 0.2) is 5.96 Å². The van der Waals surface area contributed by atoms with Crippen LogP contribution >= 0.6 is 24.0 Å². The molecule has 4 nitrogen and oxygen atoms in total. The highest BCUT2D eigenvalue weighted by atomic mass is 127. The van der Waals surface area contributed by atoms with Crippen molar-refractivity contribution in [1.29, 1.82) is 0 Å². The Hall–Kier alpha value is -1.50. The van der Waals surface area contributed by atoms with Crippen molar-refractivity contribution in [2.75, 3.05) is 13.1 Å². The minimum Gasteiger partial charge on any atom is -0.357 e. The molecule has 0 bridgehead atoms. The lowest BCUT2D eigenvalue weighted by atomic mass is 10.1. The zero-order valence-corrected chi connectivity index (χ0v) is 15.8. The Morgan fingerprint density at radius 3 is 2.61 bits per heavy atom. The third kappa shape index (κ3) is 5.27. The van der Waals surface area contributed by atoms with Gasteiger partial charge >= 0.3 is 0 Å². The van der Waals surface area contributed by atoms with Crippen LogP contribution in [0.1, 0.15) is 24.8 Å². The molecule has 2 N–H and O–H groups in total. The van der Waals surface area contributed by atoms with Crippen molar-refractivity contribution in [3.8, 4) is 0 Å². The van der Waals surface area contributed by atoms with Gasteiger partial charge < -0.3 is 15.2 Å². The van der Waals surface area contributed by atoms with Gasteiger partial charge in [0.05, 0.1) is 6.54 Å². The van der Waals surface area contributed by atoms with Crippen molar-refractivity contribution in [2.45, 2.75) is 31.8 Å². The summed E-state index contributed by atoms with van der Waals surface area (Å²) >= 11 is 0. The summed E-state index contributed by atoms with van der Waals surface area (Å²) < 4.78 is 2.15. The smallest absolute Gasteiger partial charge is 0.191 e. The number of nitrogens with zero attached hydrogens (tertiary/aromatic N) is 2. The van der Waals surface area contributed by atoms with E-state index in [4.69, 9.17) is 0 Å². The fraction of sp³-hybridized carbons (Fsp3) is 0.389. The number of nitrogens with one attached hydrogen (secondary N) is 2. The summed E-state index contributed by atoms with van der Waals surface area (Å²) in [6.07, 6.45) is 5.33. The summed E-state index contributed by atoms with van der Waals surface area (Å²) in [6, 6.07) is 15.3. The topological polar surface area (TPSA) is 41.4 Å². The van der Waals surface area contributed by atoms with Crippen LogP contribution in [0.25, 0.3) is 0 Å². The van der Waals surface area contributed by atoms with E-state index in [1.54, 1.807) is 0 Å². The molecule has 1 aliphatic rings. The lowest BCUT2D eigenvalue weighted by Gasteiger charge is -2.11. The highest BCUT2D eigenvalue weighted by molar-refractivity contribution is 14.0. The number of hydrogen-bond donors (Lipinski definition) is 2. The van der Waals surface area contributed by atoms with Crippen molar-refractivity contribution in [3.63, 3.8) is 0 Å². The van der Waals surface area contributed by atoms with Crippen molar-refractivity contribution in [1.82, 2.24) is 15.2 Å². The first-order valence-corrected chi connectivity index (χ1v) is 8.07. The number of rotatable bonds is 6. The van der Waals surface area contributed by atoms with E-state index in [0.717, 1.165) is 25.6 Å². The second kappa shape index (κ2) is 8.96. The van der Waals surface area contributed by atoms with Crippen LogP contribution in [-0.2, 0) is 6.54 Å². The molecule has 23 heavy (non-hydrogen) atoms. The van der Waals surface area contributed by atoms with Crippen LogP contribution in [0.3, 0.4) is 0 Å². The van der Waals surface area contributed by atoms with E-state index in [0.29, 0.717) is 12.0 Å². The quantitative estimate of drug-likeness (QED) is 0.425. The van der Waals surface area contributed by atoms with Gasteiger partial charge in [0.1, 0.15) is 0 Å². The molecule has 0 aliphatic heterocycles. The third-order valence-corrected chi connectivity index (χ3v) is 3.98. The van der Waals surface area contributed by atoms with Crippen LogP contribution in [0.4, 0.5) is 0 Å².